The van der Waals surface area contributed by atoms with Gasteiger partial charge in [-0.1, -0.05) is 37.1 Å². The summed E-state index contributed by atoms with van der Waals surface area (Å²) in [5.41, 5.74) is -1.60. The van der Waals surface area contributed by atoms with Gasteiger partial charge in [-0.05, 0) is 53.4 Å². The summed E-state index contributed by atoms with van der Waals surface area (Å²) in [6.45, 7) is 8.00. The molecule has 0 aromatic carbocycles. The van der Waals surface area contributed by atoms with Crippen LogP contribution in [0.25, 0.3) is 0 Å². The van der Waals surface area contributed by atoms with E-state index in [1.54, 1.807) is 52.0 Å². The number of nitrogens with zero attached hydrogens (tertiary/aromatic N) is 2. The zero-order valence-electron chi connectivity index (χ0n) is 26.1. The number of hydrogen-bond acceptors (Lipinski definition) is 10. The zero-order chi connectivity index (χ0) is 32.1. The first kappa shape index (κ1) is 34.9. The van der Waals surface area contributed by atoms with E-state index in [9.17, 15) is 28.3 Å². The molecule has 0 spiro atoms. The summed E-state index contributed by atoms with van der Waals surface area (Å²) in [4.78, 5) is 55.7. The molecule has 2 heterocycles. The fourth-order valence-electron chi connectivity index (χ4n) is 6.94. The molecule has 0 radical (unpaired) electrons. The number of fused-ring (bicyclic) bond motifs is 2. The molecule has 12 nitrogen and oxygen atoms in total. The lowest BCUT2D eigenvalue weighted by Crippen LogP contribution is -2.35. The van der Waals surface area contributed by atoms with E-state index in [1.165, 1.54) is 9.80 Å². The van der Waals surface area contributed by atoms with Crippen LogP contribution in [0.3, 0.4) is 0 Å². The monoisotopic (exact) mass is 656 g/mol. The number of rotatable bonds is 17. The number of allylic oxidation sites excluding steroid dienone is 4. The van der Waals surface area contributed by atoms with Gasteiger partial charge in [-0.15, -0.1) is 0 Å². The Morgan fingerprint density at radius 3 is 1.25 bits per heavy atom. The van der Waals surface area contributed by atoms with Crippen molar-refractivity contribution in [2.75, 3.05) is 39.5 Å². The van der Waals surface area contributed by atoms with Crippen molar-refractivity contribution < 1.29 is 46.4 Å². The SMILES string of the molecule is CCOP(=O)(OCC)[C@@H]1C=CC[C@@H]2C(=O)N(CCCCCCN3C(=O)[C@H]4[C@H](CC=C[C@H]4P(=O)(OCC)OCC)C3=O)C(=O)[C@@H]21. The predicted octanol–water partition coefficient (Wildman–Crippen LogP) is 4.94. The lowest BCUT2D eigenvalue weighted by atomic mass is 9.85. The van der Waals surface area contributed by atoms with E-state index in [2.05, 4.69) is 0 Å². The number of unbranched alkanes of at least 4 members (excludes halogenated alkanes) is 3. The molecule has 2 aliphatic carbocycles. The molecule has 44 heavy (non-hydrogen) atoms. The van der Waals surface area contributed by atoms with Crippen LogP contribution in [0.2, 0.25) is 0 Å². The standard InChI is InChI=1S/C30H46N2O10P2/c1-5-39-43(37,40-6-2)23-17-13-15-21-25(23)29(35)31(27(21)33)19-11-9-10-12-20-32-28(34)22-16-14-18-24(26(22)30(32)36)44(38,41-7-3)42-8-4/h13-14,17-18,21-26H,5-12,15-16,19-20H2,1-4H3/t21-,22-,23+,24+,25-,26-/m0/s1. The van der Waals surface area contributed by atoms with Crippen LogP contribution in [0.15, 0.2) is 24.3 Å². The summed E-state index contributed by atoms with van der Waals surface area (Å²) in [6.07, 6.45) is 10.3. The maximum absolute atomic E-state index is 13.5. The molecule has 4 aliphatic rings. The number of amides is 4. The van der Waals surface area contributed by atoms with Crippen LogP contribution in [0.4, 0.5) is 0 Å². The van der Waals surface area contributed by atoms with Gasteiger partial charge < -0.3 is 18.1 Å². The van der Waals surface area contributed by atoms with Crippen LogP contribution in [0, 0.1) is 23.7 Å². The van der Waals surface area contributed by atoms with Gasteiger partial charge in [-0.25, -0.2) is 0 Å². The van der Waals surface area contributed by atoms with Gasteiger partial charge in [-0.3, -0.25) is 38.1 Å². The van der Waals surface area contributed by atoms with Crippen molar-refractivity contribution in [1.82, 2.24) is 9.80 Å². The molecule has 4 rings (SSSR count). The fraction of sp³-hybridized carbons (Fsp3) is 0.733. The van der Waals surface area contributed by atoms with Gasteiger partial charge in [0.2, 0.25) is 23.6 Å². The van der Waals surface area contributed by atoms with E-state index < -0.39 is 50.2 Å². The number of hydrogen-bond donors (Lipinski definition) is 0. The van der Waals surface area contributed by atoms with Crippen molar-refractivity contribution >= 4 is 38.8 Å². The van der Waals surface area contributed by atoms with E-state index in [0.717, 1.165) is 0 Å². The topological polar surface area (TPSA) is 146 Å². The minimum Gasteiger partial charge on any atom is -0.308 e. The first-order chi connectivity index (χ1) is 21.1. The Labute approximate surface area is 259 Å². The van der Waals surface area contributed by atoms with E-state index >= 15 is 0 Å². The van der Waals surface area contributed by atoms with Crippen molar-refractivity contribution in [2.24, 2.45) is 23.7 Å². The van der Waals surface area contributed by atoms with Crippen LogP contribution in [-0.2, 0) is 46.4 Å². The van der Waals surface area contributed by atoms with Crippen molar-refractivity contribution in [1.29, 1.82) is 0 Å². The summed E-state index contributed by atoms with van der Waals surface area (Å²) >= 11 is 0. The summed E-state index contributed by atoms with van der Waals surface area (Å²) in [5, 5.41) is 0. The van der Waals surface area contributed by atoms with Gasteiger partial charge in [0.1, 0.15) is 0 Å². The Bertz CT molecular complexity index is 1140. The maximum atomic E-state index is 13.5. The van der Waals surface area contributed by atoms with Gasteiger partial charge in [0.05, 0.1) is 61.4 Å². The fourth-order valence-corrected chi connectivity index (χ4v) is 11.3. The largest absolute Gasteiger partial charge is 0.338 e. The van der Waals surface area contributed by atoms with Crippen molar-refractivity contribution in [2.45, 2.75) is 77.5 Å². The number of likely N-dealkylation sites (tertiary alicyclic amines) is 2. The van der Waals surface area contributed by atoms with E-state index in [-0.39, 0.29) is 63.1 Å². The number of imide groups is 2. The van der Waals surface area contributed by atoms with Crippen LogP contribution < -0.4 is 0 Å². The van der Waals surface area contributed by atoms with Gasteiger partial charge in [-0.2, -0.15) is 0 Å². The molecule has 0 aromatic rings. The molecule has 0 bridgehead atoms. The third-order valence-corrected chi connectivity index (χ3v) is 13.7. The van der Waals surface area contributed by atoms with Crippen LogP contribution >= 0.6 is 15.2 Å². The molecular formula is C30H46N2O10P2. The third-order valence-electron chi connectivity index (χ3n) is 8.80. The second-order valence-corrected chi connectivity index (χ2v) is 15.8. The third kappa shape index (κ3) is 6.76. The molecular weight excluding hydrogens is 610 g/mol. The van der Waals surface area contributed by atoms with Crippen molar-refractivity contribution in [3.63, 3.8) is 0 Å². The highest BCUT2D eigenvalue weighted by Gasteiger charge is 2.57. The lowest BCUT2D eigenvalue weighted by molar-refractivity contribution is -0.141. The van der Waals surface area contributed by atoms with E-state index in [4.69, 9.17) is 18.1 Å². The highest BCUT2D eigenvalue weighted by molar-refractivity contribution is 7.55. The number of carbonyl (C=O) groups is 4. The first-order valence-corrected chi connectivity index (χ1v) is 19.1. The van der Waals surface area contributed by atoms with Gasteiger partial charge in [0, 0.05) is 13.1 Å². The Hall–Kier alpha value is -1.94. The van der Waals surface area contributed by atoms with Crippen LogP contribution in [0.1, 0.15) is 66.2 Å². The Kier molecular flexibility index (Phi) is 12.0. The average Bonchev–Trinajstić information content (AvgIpc) is 3.39. The summed E-state index contributed by atoms with van der Waals surface area (Å²) in [6, 6.07) is 0. The molecule has 2 fully saturated rings. The normalized spacial score (nSPS) is 28.7. The second-order valence-electron chi connectivity index (χ2n) is 11.4. The summed E-state index contributed by atoms with van der Waals surface area (Å²) < 4.78 is 49.1. The minimum atomic E-state index is -3.63. The minimum absolute atomic E-state index is 0.166. The van der Waals surface area contributed by atoms with Crippen LogP contribution in [0.5, 0.6) is 0 Å². The second kappa shape index (κ2) is 15.1. The molecule has 14 heteroatoms. The Morgan fingerprint density at radius 1 is 0.591 bits per heavy atom. The molecule has 0 N–H and O–H groups in total. The average molecular weight is 657 g/mol. The first-order valence-electron chi connectivity index (χ1n) is 15.9. The molecule has 0 saturated carbocycles. The highest BCUT2D eigenvalue weighted by atomic mass is 31.2. The molecule has 0 unspecified atom stereocenters. The van der Waals surface area contributed by atoms with E-state index in [1.807, 2.05) is 0 Å². The van der Waals surface area contributed by atoms with Gasteiger partial charge in [0.25, 0.3) is 0 Å². The molecule has 246 valence electrons. The van der Waals surface area contributed by atoms with Crippen molar-refractivity contribution in [3.05, 3.63) is 24.3 Å². The Balaban J connectivity index is 1.29. The smallest absolute Gasteiger partial charge is 0.308 e. The molecule has 0 aromatic heterocycles. The quantitative estimate of drug-likeness (QED) is 0.0914. The summed E-state index contributed by atoms with van der Waals surface area (Å²) in [7, 11) is -7.25. The van der Waals surface area contributed by atoms with Gasteiger partial charge >= 0.3 is 15.2 Å². The maximum Gasteiger partial charge on any atom is 0.338 e. The predicted molar refractivity (Wildman–Crippen MR) is 163 cm³/mol. The number of carbonyl (C=O) groups excluding carboxylic acids is 4. The zero-order valence-corrected chi connectivity index (χ0v) is 27.9. The molecule has 2 aliphatic heterocycles. The Morgan fingerprint density at radius 2 is 0.932 bits per heavy atom. The van der Waals surface area contributed by atoms with Crippen molar-refractivity contribution in [3.8, 4) is 0 Å². The lowest BCUT2D eigenvalue weighted by Gasteiger charge is -2.31. The molecule has 4 amide bonds. The van der Waals surface area contributed by atoms with E-state index in [0.29, 0.717) is 38.5 Å². The van der Waals surface area contributed by atoms with Crippen LogP contribution in [-0.4, -0.2) is 84.3 Å². The van der Waals surface area contributed by atoms with Gasteiger partial charge in [0.15, 0.2) is 0 Å². The summed E-state index contributed by atoms with van der Waals surface area (Å²) in [5.74, 6) is -3.91. The molecule has 2 saturated heterocycles. The molecule has 6 atom stereocenters. The highest BCUT2D eigenvalue weighted by Crippen LogP contribution is 2.61.